The summed E-state index contributed by atoms with van der Waals surface area (Å²) in [5.74, 6) is 1.61. The monoisotopic (exact) mass is 350 g/mol. The number of benzene rings is 1. The summed E-state index contributed by atoms with van der Waals surface area (Å²) in [6.07, 6.45) is 2.29. The fraction of sp³-hybridized carbons (Fsp3) is 0.650. The maximum Gasteiger partial charge on any atom is 0.261 e. The van der Waals surface area contributed by atoms with Gasteiger partial charge in [0.2, 0.25) is 0 Å². The predicted octanol–water partition coefficient (Wildman–Crippen LogP) is 3.47. The van der Waals surface area contributed by atoms with Crippen molar-refractivity contribution >= 4 is 5.91 Å². The normalized spacial score (nSPS) is 22.4. The lowest BCUT2D eigenvalue weighted by Crippen LogP contribution is -2.41. The van der Waals surface area contributed by atoms with E-state index in [0.717, 1.165) is 37.9 Å². The van der Waals surface area contributed by atoms with Gasteiger partial charge in [0.1, 0.15) is 11.6 Å². The van der Waals surface area contributed by atoms with Gasteiger partial charge < -0.3 is 15.0 Å². The molecular weight excluding hydrogens is 319 g/mol. The Morgan fingerprint density at radius 2 is 1.92 bits per heavy atom. The molecule has 4 nitrogen and oxygen atoms in total. The molecule has 1 aromatic rings. The summed E-state index contributed by atoms with van der Waals surface area (Å²) in [7, 11) is 0. The third-order valence-corrected chi connectivity index (χ3v) is 4.65. The molecule has 3 atom stereocenters. The molecule has 1 heterocycles. The summed E-state index contributed by atoms with van der Waals surface area (Å²) >= 11 is 0. The van der Waals surface area contributed by atoms with E-state index < -0.39 is 6.10 Å². The topological polar surface area (TPSA) is 41.6 Å². The highest BCUT2D eigenvalue weighted by Gasteiger charge is 2.21. The molecule has 1 N–H and O–H groups in total. The quantitative estimate of drug-likeness (QED) is 0.730. The molecule has 1 saturated heterocycles. The maximum atomic E-state index is 12.9. The first-order chi connectivity index (χ1) is 12.0. The van der Waals surface area contributed by atoms with E-state index >= 15 is 0 Å². The van der Waals surface area contributed by atoms with Crippen LogP contribution in [0.15, 0.2) is 24.3 Å². The summed E-state index contributed by atoms with van der Waals surface area (Å²) < 4.78 is 18.6. The Morgan fingerprint density at radius 3 is 2.52 bits per heavy atom. The van der Waals surface area contributed by atoms with Crippen LogP contribution in [0.25, 0.3) is 0 Å². The van der Waals surface area contributed by atoms with Crippen LogP contribution in [0.4, 0.5) is 4.39 Å². The van der Waals surface area contributed by atoms with Gasteiger partial charge in [-0.25, -0.2) is 4.39 Å². The average molecular weight is 350 g/mol. The summed E-state index contributed by atoms with van der Waals surface area (Å²) in [5, 5.41) is 2.96. The molecule has 1 aliphatic heterocycles. The van der Waals surface area contributed by atoms with E-state index in [1.54, 1.807) is 12.1 Å². The fourth-order valence-corrected chi connectivity index (χ4v) is 3.60. The van der Waals surface area contributed by atoms with E-state index in [1.807, 2.05) is 6.92 Å². The summed E-state index contributed by atoms with van der Waals surface area (Å²) in [6, 6.07) is 5.76. The SMILES string of the molecule is CC[C@H](Oc1ccc(F)cc1)C(=O)NCCCN1C[C@H](C)C[C@H](C)C1. The smallest absolute Gasteiger partial charge is 0.261 e. The van der Waals surface area contributed by atoms with E-state index in [2.05, 4.69) is 24.1 Å². The number of piperidine rings is 1. The minimum absolute atomic E-state index is 0.104. The molecule has 140 valence electrons. The highest BCUT2D eigenvalue weighted by molar-refractivity contribution is 5.81. The van der Waals surface area contributed by atoms with Crippen molar-refractivity contribution in [3.05, 3.63) is 30.1 Å². The molecule has 1 fully saturated rings. The van der Waals surface area contributed by atoms with Crippen LogP contribution in [-0.2, 0) is 4.79 Å². The van der Waals surface area contributed by atoms with Crippen molar-refractivity contribution in [3.8, 4) is 5.75 Å². The Labute approximate surface area is 150 Å². The summed E-state index contributed by atoms with van der Waals surface area (Å²) in [6.45, 7) is 10.5. The maximum absolute atomic E-state index is 12.9. The molecular formula is C20H31FN2O2. The van der Waals surface area contributed by atoms with Crippen molar-refractivity contribution in [2.24, 2.45) is 11.8 Å². The fourth-order valence-electron chi connectivity index (χ4n) is 3.60. The number of nitrogens with one attached hydrogen (secondary N) is 1. The number of hydrogen-bond acceptors (Lipinski definition) is 3. The van der Waals surface area contributed by atoms with Crippen LogP contribution in [-0.4, -0.2) is 43.1 Å². The second-order valence-electron chi connectivity index (χ2n) is 7.32. The number of carbonyl (C=O) groups is 1. The molecule has 0 saturated carbocycles. The summed E-state index contributed by atoms with van der Waals surface area (Å²) in [5.41, 5.74) is 0. The van der Waals surface area contributed by atoms with Crippen LogP contribution in [0.1, 0.15) is 40.0 Å². The van der Waals surface area contributed by atoms with Crippen LogP contribution in [0.5, 0.6) is 5.75 Å². The highest BCUT2D eigenvalue weighted by Crippen LogP contribution is 2.20. The van der Waals surface area contributed by atoms with Crippen LogP contribution in [0.2, 0.25) is 0 Å². The van der Waals surface area contributed by atoms with E-state index in [-0.39, 0.29) is 11.7 Å². The molecule has 25 heavy (non-hydrogen) atoms. The first-order valence-electron chi connectivity index (χ1n) is 9.40. The molecule has 0 unspecified atom stereocenters. The molecule has 1 aliphatic rings. The molecule has 0 radical (unpaired) electrons. The largest absolute Gasteiger partial charge is 0.481 e. The number of likely N-dealkylation sites (tertiary alicyclic amines) is 1. The van der Waals surface area contributed by atoms with Gasteiger partial charge in [-0.2, -0.15) is 0 Å². The van der Waals surface area contributed by atoms with Gasteiger partial charge >= 0.3 is 0 Å². The average Bonchev–Trinajstić information content (AvgIpc) is 2.57. The molecule has 2 rings (SSSR count). The number of halogens is 1. The standard InChI is InChI=1S/C20H31FN2O2/c1-4-19(25-18-8-6-17(21)7-9-18)20(24)22-10-5-11-23-13-15(2)12-16(3)14-23/h6-9,15-16,19H,4-5,10-14H2,1-3H3,(H,22,24)/t15-,16+,19-/m0/s1. The van der Waals surface area contributed by atoms with Gasteiger partial charge in [0.05, 0.1) is 0 Å². The second-order valence-corrected chi connectivity index (χ2v) is 7.32. The number of rotatable bonds is 8. The molecule has 5 heteroatoms. The lowest BCUT2D eigenvalue weighted by molar-refractivity contribution is -0.128. The van der Waals surface area contributed by atoms with Crippen molar-refractivity contribution < 1.29 is 13.9 Å². The zero-order valence-corrected chi connectivity index (χ0v) is 15.6. The molecule has 0 bridgehead atoms. The zero-order valence-electron chi connectivity index (χ0n) is 15.6. The van der Waals surface area contributed by atoms with Crippen molar-refractivity contribution in [1.29, 1.82) is 0 Å². The molecule has 1 amide bonds. The lowest BCUT2D eigenvalue weighted by atomic mass is 9.92. The minimum atomic E-state index is -0.541. The Hall–Kier alpha value is -1.62. The molecule has 0 aliphatic carbocycles. The third-order valence-electron chi connectivity index (χ3n) is 4.65. The van der Waals surface area contributed by atoms with E-state index in [4.69, 9.17) is 4.74 Å². The first-order valence-corrected chi connectivity index (χ1v) is 9.40. The van der Waals surface area contributed by atoms with E-state index in [9.17, 15) is 9.18 Å². The van der Waals surface area contributed by atoms with Crippen LogP contribution < -0.4 is 10.1 Å². The van der Waals surface area contributed by atoms with E-state index in [0.29, 0.717) is 18.7 Å². The summed E-state index contributed by atoms with van der Waals surface area (Å²) in [4.78, 5) is 14.8. The van der Waals surface area contributed by atoms with Crippen molar-refractivity contribution in [2.45, 2.75) is 46.1 Å². The van der Waals surface area contributed by atoms with Gasteiger partial charge in [-0.15, -0.1) is 0 Å². The number of amides is 1. The van der Waals surface area contributed by atoms with Gasteiger partial charge in [-0.1, -0.05) is 20.8 Å². The zero-order chi connectivity index (χ0) is 18.2. The Balaban J connectivity index is 1.70. The predicted molar refractivity (Wildman–Crippen MR) is 98.1 cm³/mol. The number of hydrogen-bond donors (Lipinski definition) is 1. The minimum Gasteiger partial charge on any atom is -0.481 e. The van der Waals surface area contributed by atoms with Gasteiger partial charge in [-0.05, 0) is 61.9 Å². The highest BCUT2D eigenvalue weighted by atomic mass is 19.1. The second kappa shape index (κ2) is 9.76. The Morgan fingerprint density at radius 1 is 1.28 bits per heavy atom. The van der Waals surface area contributed by atoms with E-state index in [1.165, 1.54) is 18.6 Å². The van der Waals surface area contributed by atoms with Crippen LogP contribution in [0.3, 0.4) is 0 Å². The lowest BCUT2D eigenvalue weighted by Gasteiger charge is -2.35. The number of nitrogens with zero attached hydrogens (tertiary/aromatic N) is 1. The van der Waals surface area contributed by atoms with Gasteiger partial charge in [0, 0.05) is 19.6 Å². The van der Waals surface area contributed by atoms with Crippen molar-refractivity contribution in [3.63, 3.8) is 0 Å². The Kier molecular flexibility index (Phi) is 7.69. The van der Waals surface area contributed by atoms with Crippen molar-refractivity contribution in [1.82, 2.24) is 10.2 Å². The molecule has 1 aromatic carbocycles. The number of carbonyl (C=O) groups excluding carboxylic acids is 1. The molecule has 0 aromatic heterocycles. The van der Waals surface area contributed by atoms with Crippen LogP contribution >= 0.6 is 0 Å². The Bertz CT molecular complexity index is 525. The first kappa shape index (κ1) is 19.7. The molecule has 0 spiro atoms. The number of ether oxygens (including phenoxy) is 1. The third kappa shape index (κ3) is 6.65. The van der Waals surface area contributed by atoms with Gasteiger partial charge in [-0.3, -0.25) is 4.79 Å². The van der Waals surface area contributed by atoms with Gasteiger partial charge in [0.15, 0.2) is 6.10 Å². The van der Waals surface area contributed by atoms with Gasteiger partial charge in [0.25, 0.3) is 5.91 Å². The van der Waals surface area contributed by atoms with Crippen LogP contribution in [0, 0.1) is 17.7 Å². The van der Waals surface area contributed by atoms with Crippen molar-refractivity contribution in [2.75, 3.05) is 26.2 Å².